The van der Waals surface area contributed by atoms with Gasteiger partial charge in [-0.3, -0.25) is 9.89 Å². The van der Waals surface area contributed by atoms with E-state index in [0.717, 1.165) is 33.5 Å². The van der Waals surface area contributed by atoms with Gasteiger partial charge in [0.05, 0.1) is 5.52 Å². The van der Waals surface area contributed by atoms with E-state index < -0.39 is 5.54 Å². The van der Waals surface area contributed by atoms with E-state index in [1.165, 1.54) is 0 Å². The summed E-state index contributed by atoms with van der Waals surface area (Å²) in [6, 6.07) is 25.3. The first kappa shape index (κ1) is 19.4. The van der Waals surface area contributed by atoms with Crippen molar-refractivity contribution in [2.75, 3.05) is 6.54 Å². The summed E-state index contributed by atoms with van der Waals surface area (Å²) in [5.74, 6) is -0.0581. The van der Waals surface area contributed by atoms with Crippen LogP contribution in [0.3, 0.4) is 0 Å². The summed E-state index contributed by atoms with van der Waals surface area (Å²) < 4.78 is 0. The van der Waals surface area contributed by atoms with Gasteiger partial charge in [0.2, 0.25) is 5.78 Å². The average Bonchev–Trinajstić information content (AvgIpc) is 3.19. The highest BCUT2D eigenvalue weighted by Gasteiger charge is 2.37. The summed E-state index contributed by atoms with van der Waals surface area (Å²) in [7, 11) is 0. The van der Waals surface area contributed by atoms with Crippen LogP contribution in [0.5, 0.6) is 0 Å². The van der Waals surface area contributed by atoms with Crippen LogP contribution in [0.4, 0.5) is 0 Å². The van der Waals surface area contributed by atoms with Crippen LogP contribution >= 0.6 is 11.6 Å². The maximum Gasteiger partial charge on any atom is 0.207 e. The van der Waals surface area contributed by atoms with Gasteiger partial charge in [0, 0.05) is 17.0 Å². The molecule has 4 aromatic rings. The molecule has 0 amide bonds. The standard InChI is InChI=1S/C24H22ClN3O/c1-24(18-7-3-2-4-8-18,26-16-15-17-11-13-19(25)14-12-17)23(29)22-20-9-5-6-10-21(20)27-28-22/h2-14,26H,15-16H2,1H3,(H,27,28). The quantitative estimate of drug-likeness (QED) is 0.420. The van der Waals surface area contributed by atoms with Gasteiger partial charge in [-0.15, -0.1) is 0 Å². The topological polar surface area (TPSA) is 57.8 Å². The van der Waals surface area contributed by atoms with Crippen LogP contribution < -0.4 is 5.32 Å². The van der Waals surface area contributed by atoms with Gasteiger partial charge >= 0.3 is 0 Å². The number of ketones is 1. The lowest BCUT2D eigenvalue weighted by molar-refractivity contribution is 0.0861. The number of benzene rings is 3. The first-order valence-electron chi connectivity index (χ1n) is 9.61. The molecule has 2 N–H and O–H groups in total. The highest BCUT2D eigenvalue weighted by Crippen LogP contribution is 2.28. The maximum atomic E-state index is 13.7. The predicted octanol–water partition coefficient (Wildman–Crippen LogP) is 5.15. The predicted molar refractivity (Wildman–Crippen MR) is 117 cm³/mol. The van der Waals surface area contributed by atoms with Gasteiger partial charge in [-0.05, 0) is 42.7 Å². The SMILES string of the molecule is CC(NCCc1ccc(Cl)cc1)(C(=O)c1n[nH]c2ccccc12)c1ccccc1. The lowest BCUT2D eigenvalue weighted by atomic mass is 9.85. The second-order valence-electron chi connectivity index (χ2n) is 7.24. The number of para-hydroxylation sites is 1. The molecule has 4 nitrogen and oxygen atoms in total. The highest BCUT2D eigenvalue weighted by molar-refractivity contribution is 6.30. The Kier molecular flexibility index (Phi) is 5.47. The first-order chi connectivity index (χ1) is 14.1. The number of aromatic nitrogens is 2. The zero-order chi connectivity index (χ0) is 20.3. The van der Waals surface area contributed by atoms with Crippen molar-refractivity contribution in [3.05, 3.63) is 101 Å². The van der Waals surface area contributed by atoms with Crippen LogP contribution in [0.2, 0.25) is 5.02 Å². The second-order valence-corrected chi connectivity index (χ2v) is 7.68. The van der Waals surface area contributed by atoms with Crippen molar-refractivity contribution in [2.45, 2.75) is 18.9 Å². The van der Waals surface area contributed by atoms with Crippen LogP contribution in [-0.4, -0.2) is 22.5 Å². The molecular weight excluding hydrogens is 382 g/mol. The van der Waals surface area contributed by atoms with Crippen molar-refractivity contribution in [1.29, 1.82) is 0 Å². The lowest BCUT2D eigenvalue weighted by Gasteiger charge is -2.29. The highest BCUT2D eigenvalue weighted by atomic mass is 35.5. The number of nitrogens with one attached hydrogen (secondary N) is 2. The van der Waals surface area contributed by atoms with E-state index in [-0.39, 0.29) is 5.78 Å². The van der Waals surface area contributed by atoms with Crippen molar-refractivity contribution in [1.82, 2.24) is 15.5 Å². The molecule has 3 aromatic carbocycles. The molecule has 146 valence electrons. The van der Waals surface area contributed by atoms with E-state index in [0.29, 0.717) is 12.2 Å². The van der Waals surface area contributed by atoms with Crippen LogP contribution in [0.15, 0.2) is 78.9 Å². The molecule has 0 saturated carbocycles. The molecule has 29 heavy (non-hydrogen) atoms. The van der Waals surface area contributed by atoms with Crippen LogP contribution in [0.25, 0.3) is 10.9 Å². The monoisotopic (exact) mass is 403 g/mol. The minimum absolute atomic E-state index is 0.0581. The van der Waals surface area contributed by atoms with Gasteiger partial charge in [-0.2, -0.15) is 5.10 Å². The number of carbonyl (C=O) groups excluding carboxylic acids is 1. The third kappa shape index (κ3) is 3.95. The number of hydrogen-bond donors (Lipinski definition) is 2. The molecule has 0 radical (unpaired) electrons. The smallest absolute Gasteiger partial charge is 0.207 e. The number of halogens is 1. The molecule has 0 aliphatic rings. The third-order valence-corrected chi connectivity index (χ3v) is 5.55. The molecule has 1 atom stereocenters. The fraction of sp³-hybridized carbons (Fsp3) is 0.167. The number of H-pyrrole nitrogens is 1. The fourth-order valence-corrected chi connectivity index (χ4v) is 3.69. The fourth-order valence-electron chi connectivity index (χ4n) is 3.57. The molecule has 0 fully saturated rings. The van der Waals surface area contributed by atoms with Crippen LogP contribution in [0.1, 0.15) is 28.5 Å². The van der Waals surface area contributed by atoms with Gasteiger partial charge < -0.3 is 5.32 Å². The Labute approximate surface area is 174 Å². The third-order valence-electron chi connectivity index (χ3n) is 5.30. The molecule has 1 aromatic heterocycles. The van der Waals surface area contributed by atoms with E-state index in [9.17, 15) is 4.79 Å². The molecule has 0 bridgehead atoms. The Balaban J connectivity index is 1.63. The van der Waals surface area contributed by atoms with Crippen LogP contribution in [-0.2, 0) is 12.0 Å². The largest absolute Gasteiger partial charge is 0.301 e. The molecule has 5 heteroatoms. The van der Waals surface area contributed by atoms with E-state index >= 15 is 0 Å². The second kappa shape index (κ2) is 8.19. The van der Waals surface area contributed by atoms with Crippen molar-refractivity contribution < 1.29 is 4.79 Å². The molecule has 4 rings (SSSR count). The molecule has 1 heterocycles. The number of nitrogens with zero attached hydrogens (tertiary/aromatic N) is 1. The van der Waals surface area contributed by atoms with Gasteiger partial charge in [-0.25, -0.2) is 0 Å². The average molecular weight is 404 g/mol. The summed E-state index contributed by atoms with van der Waals surface area (Å²) in [4.78, 5) is 13.7. The molecule has 0 aliphatic carbocycles. The number of hydrogen-bond acceptors (Lipinski definition) is 3. The van der Waals surface area contributed by atoms with Crippen LogP contribution in [0, 0.1) is 0 Å². The number of carbonyl (C=O) groups is 1. The van der Waals surface area contributed by atoms with Crippen molar-refractivity contribution in [3.63, 3.8) is 0 Å². The van der Waals surface area contributed by atoms with Gasteiger partial charge in [-0.1, -0.05) is 72.3 Å². The number of fused-ring (bicyclic) bond motifs is 1. The van der Waals surface area contributed by atoms with Gasteiger partial charge in [0.15, 0.2) is 0 Å². The van der Waals surface area contributed by atoms with Crippen molar-refractivity contribution in [3.8, 4) is 0 Å². The Morgan fingerprint density at radius 1 is 1.00 bits per heavy atom. The molecular formula is C24H22ClN3O. The lowest BCUT2D eigenvalue weighted by Crippen LogP contribution is -2.47. The summed E-state index contributed by atoms with van der Waals surface area (Å²) in [5, 5.41) is 12.3. The number of rotatable bonds is 7. The Morgan fingerprint density at radius 2 is 1.69 bits per heavy atom. The summed E-state index contributed by atoms with van der Waals surface area (Å²) in [5.41, 5.74) is 2.48. The Morgan fingerprint density at radius 3 is 2.45 bits per heavy atom. The zero-order valence-corrected chi connectivity index (χ0v) is 16.9. The maximum absolute atomic E-state index is 13.7. The van der Waals surface area contributed by atoms with Crippen molar-refractivity contribution >= 4 is 28.3 Å². The number of Topliss-reactive ketones (excluding diaryl/α,β-unsaturated/α-hetero) is 1. The number of aromatic amines is 1. The normalized spacial score (nSPS) is 13.3. The van der Waals surface area contributed by atoms with Gasteiger partial charge in [0.1, 0.15) is 11.2 Å². The zero-order valence-electron chi connectivity index (χ0n) is 16.2. The Hall–Kier alpha value is -2.95. The minimum Gasteiger partial charge on any atom is -0.301 e. The van der Waals surface area contributed by atoms with Gasteiger partial charge in [0.25, 0.3) is 0 Å². The van der Waals surface area contributed by atoms with E-state index in [1.807, 2.05) is 85.8 Å². The summed E-state index contributed by atoms with van der Waals surface area (Å²) >= 11 is 5.97. The summed E-state index contributed by atoms with van der Waals surface area (Å²) in [6.45, 7) is 2.57. The Bertz CT molecular complexity index is 1120. The minimum atomic E-state index is -0.897. The molecule has 0 saturated heterocycles. The molecule has 1 unspecified atom stereocenters. The van der Waals surface area contributed by atoms with E-state index in [4.69, 9.17) is 11.6 Å². The summed E-state index contributed by atoms with van der Waals surface area (Å²) in [6.07, 6.45) is 0.786. The van der Waals surface area contributed by atoms with Crippen molar-refractivity contribution in [2.24, 2.45) is 0 Å². The molecule has 0 aliphatic heterocycles. The first-order valence-corrected chi connectivity index (χ1v) is 9.98. The van der Waals surface area contributed by atoms with E-state index in [1.54, 1.807) is 0 Å². The van der Waals surface area contributed by atoms with E-state index in [2.05, 4.69) is 15.5 Å². The molecule has 0 spiro atoms.